The highest BCUT2D eigenvalue weighted by molar-refractivity contribution is 5.88. The number of aryl methyl sites for hydroxylation is 1. The van der Waals surface area contributed by atoms with Gasteiger partial charge in [-0.05, 0) is 31.0 Å². The number of hydrogen-bond donors (Lipinski definition) is 2. The maximum absolute atomic E-state index is 11.8. The molecule has 0 aliphatic rings. The van der Waals surface area contributed by atoms with Crippen LogP contribution in [0, 0.1) is 6.92 Å². The second-order valence-electron chi connectivity index (χ2n) is 4.99. The van der Waals surface area contributed by atoms with Crippen molar-refractivity contribution < 1.29 is 23.5 Å². The molecule has 0 bridgehead atoms. The molecule has 2 N–H and O–H groups in total. The van der Waals surface area contributed by atoms with Crippen molar-refractivity contribution in [2.24, 2.45) is 0 Å². The summed E-state index contributed by atoms with van der Waals surface area (Å²) in [5, 5.41) is 9.03. The van der Waals surface area contributed by atoms with Gasteiger partial charge in [-0.2, -0.15) is 0 Å². The number of anilines is 1. The van der Waals surface area contributed by atoms with Crippen molar-refractivity contribution in [3.63, 3.8) is 0 Å². The molecule has 130 valence electrons. The van der Waals surface area contributed by atoms with Crippen LogP contribution in [0.5, 0.6) is 17.2 Å². The predicted octanol–water partition coefficient (Wildman–Crippen LogP) is 2.37. The van der Waals surface area contributed by atoms with Gasteiger partial charge >= 0.3 is 6.03 Å². The highest BCUT2D eigenvalue weighted by Crippen LogP contribution is 2.38. The fourth-order valence-electron chi connectivity index (χ4n) is 2.19. The molecule has 0 spiro atoms. The van der Waals surface area contributed by atoms with E-state index in [0.29, 0.717) is 41.8 Å². The van der Waals surface area contributed by atoms with Crippen molar-refractivity contribution in [2.75, 3.05) is 33.2 Å². The van der Waals surface area contributed by atoms with Crippen LogP contribution >= 0.6 is 0 Å². The van der Waals surface area contributed by atoms with Gasteiger partial charge < -0.3 is 24.1 Å². The first-order valence-corrected chi connectivity index (χ1v) is 7.34. The van der Waals surface area contributed by atoms with Crippen LogP contribution in [0.3, 0.4) is 0 Å². The number of ether oxygens (including phenoxy) is 3. The average Bonchev–Trinajstić information content (AvgIpc) is 2.98. The van der Waals surface area contributed by atoms with Crippen LogP contribution in [0.1, 0.15) is 11.3 Å². The van der Waals surface area contributed by atoms with E-state index in [1.807, 2.05) is 12.1 Å². The van der Waals surface area contributed by atoms with Gasteiger partial charge in [0.05, 0.1) is 21.3 Å². The molecule has 1 heterocycles. The van der Waals surface area contributed by atoms with Gasteiger partial charge in [-0.25, -0.2) is 4.79 Å². The Morgan fingerprint density at radius 2 is 1.79 bits per heavy atom. The van der Waals surface area contributed by atoms with Gasteiger partial charge in [0.25, 0.3) is 0 Å². The Hall–Kier alpha value is -2.90. The Kier molecular flexibility index (Phi) is 5.89. The van der Waals surface area contributed by atoms with Crippen molar-refractivity contribution in [3.8, 4) is 17.2 Å². The minimum absolute atomic E-state index is 0.351. The smallest absolute Gasteiger partial charge is 0.320 e. The molecule has 0 aliphatic heterocycles. The van der Waals surface area contributed by atoms with E-state index in [4.69, 9.17) is 18.7 Å². The lowest BCUT2D eigenvalue weighted by Gasteiger charge is -2.14. The highest BCUT2D eigenvalue weighted by Gasteiger charge is 2.13. The first kappa shape index (κ1) is 17.5. The van der Waals surface area contributed by atoms with Crippen LogP contribution in [-0.4, -0.2) is 39.1 Å². The second kappa shape index (κ2) is 8.09. The summed E-state index contributed by atoms with van der Waals surface area (Å²) in [5.41, 5.74) is 0.946. The summed E-state index contributed by atoms with van der Waals surface area (Å²) in [4.78, 5) is 11.8. The standard InChI is InChI=1S/C16H21N3O5/c1-10-7-14(19-24-10)18-16(20)17-6-5-11-8-12(21-2)15(23-4)13(9-11)22-3/h7-9H,5-6H2,1-4H3,(H2,17,18,19,20). The van der Waals surface area contributed by atoms with Gasteiger partial charge in [-0.1, -0.05) is 5.16 Å². The maximum atomic E-state index is 11.8. The number of rotatable bonds is 7. The number of benzene rings is 1. The molecule has 0 atom stereocenters. The van der Waals surface area contributed by atoms with E-state index in [-0.39, 0.29) is 6.03 Å². The third-order valence-electron chi connectivity index (χ3n) is 3.29. The van der Waals surface area contributed by atoms with Crippen LogP contribution in [0.4, 0.5) is 10.6 Å². The summed E-state index contributed by atoms with van der Waals surface area (Å²) in [5.74, 6) is 2.69. The maximum Gasteiger partial charge on any atom is 0.320 e. The number of methoxy groups -OCH3 is 3. The Labute approximate surface area is 140 Å². The fraction of sp³-hybridized carbons (Fsp3) is 0.375. The zero-order valence-corrected chi connectivity index (χ0v) is 14.1. The lowest BCUT2D eigenvalue weighted by Crippen LogP contribution is -2.30. The number of amides is 2. The van der Waals surface area contributed by atoms with Gasteiger partial charge in [-0.15, -0.1) is 0 Å². The van der Waals surface area contributed by atoms with Crippen molar-refractivity contribution in [1.82, 2.24) is 10.5 Å². The van der Waals surface area contributed by atoms with Gasteiger partial charge in [-0.3, -0.25) is 5.32 Å². The third kappa shape index (κ3) is 4.31. The average molecular weight is 335 g/mol. The first-order chi connectivity index (χ1) is 11.6. The topological polar surface area (TPSA) is 94.9 Å². The van der Waals surface area contributed by atoms with Gasteiger partial charge in [0.15, 0.2) is 17.3 Å². The Morgan fingerprint density at radius 3 is 2.29 bits per heavy atom. The summed E-state index contributed by atoms with van der Waals surface area (Å²) in [6, 6.07) is 4.98. The summed E-state index contributed by atoms with van der Waals surface area (Å²) in [6.07, 6.45) is 0.599. The zero-order chi connectivity index (χ0) is 17.5. The van der Waals surface area contributed by atoms with E-state index >= 15 is 0 Å². The molecule has 0 saturated carbocycles. The van der Waals surface area contributed by atoms with E-state index in [2.05, 4.69) is 15.8 Å². The fourth-order valence-corrected chi connectivity index (χ4v) is 2.19. The summed E-state index contributed by atoms with van der Waals surface area (Å²) in [6.45, 7) is 2.18. The molecule has 8 heteroatoms. The minimum atomic E-state index is -0.351. The molecule has 0 fully saturated rings. The SMILES string of the molecule is COc1cc(CCNC(=O)Nc2cc(C)on2)cc(OC)c1OC. The lowest BCUT2D eigenvalue weighted by molar-refractivity contribution is 0.252. The molecular formula is C16H21N3O5. The molecule has 2 aromatic rings. The van der Waals surface area contributed by atoms with E-state index in [9.17, 15) is 4.79 Å². The lowest BCUT2D eigenvalue weighted by atomic mass is 10.1. The molecule has 0 unspecified atom stereocenters. The number of nitrogens with zero attached hydrogens (tertiary/aromatic N) is 1. The van der Waals surface area contributed by atoms with Crippen molar-refractivity contribution in [1.29, 1.82) is 0 Å². The third-order valence-corrected chi connectivity index (χ3v) is 3.29. The molecule has 2 rings (SSSR count). The van der Waals surface area contributed by atoms with Gasteiger partial charge in [0, 0.05) is 12.6 Å². The number of urea groups is 1. The van der Waals surface area contributed by atoms with Gasteiger partial charge in [0.2, 0.25) is 5.75 Å². The summed E-state index contributed by atoms with van der Waals surface area (Å²) < 4.78 is 20.8. The minimum Gasteiger partial charge on any atom is -0.493 e. The number of nitrogens with one attached hydrogen (secondary N) is 2. The summed E-state index contributed by atoms with van der Waals surface area (Å²) in [7, 11) is 4.68. The monoisotopic (exact) mass is 335 g/mol. The van der Waals surface area contributed by atoms with Crippen molar-refractivity contribution >= 4 is 11.8 Å². The number of carbonyl (C=O) groups excluding carboxylic acids is 1. The zero-order valence-electron chi connectivity index (χ0n) is 14.1. The molecule has 1 aromatic carbocycles. The van der Waals surface area contributed by atoms with Crippen LogP contribution in [0.25, 0.3) is 0 Å². The van der Waals surface area contributed by atoms with Crippen molar-refractivity contribution in [3.05, 3.63) is 29.5 Å². The Balaban J connectivity index is 1.93. The quantitative estimate of drug-likeness (QED) is 0.807. The van der Waals surface area contributed by atoms with E-state index in [1.54, 1.807) is 34.3 Å². The molecule has 0 radical (unpaired) electrons. The van der Waals surface area contributed by atoms with Crippen LogP contribution < -0.4 is 24.8 Å². The van der Waals surface area contributed by atoms with Crippen LogP contribution in [-0.2, 0) is 6.42 Å². The molecule has 24 heavy (non-hydrogen) atoms. The predicted molar refractivity (Wildman–Crippen MR) is 88.1 cm³/mol. The van der Waals surface area contributed by atoms with Crippen molar-refractivity contribution in [2.45, 2.75) is 13.3 Å². The molecular weight excluding hydrogens is 314 g/mol. The number of carbonyl (C=O) groups is 1. The molecule has 8 nitrogen and oxygen atoms in total. The van der Waals surface area contributed by atoms with E-state index in [0.717, 1.165) is 5.56 Å². The Bertz CT molecular complexity index is 674. The molecule has 0 saturated heterocycles. The molecule has 0 aliphatic carbocycles. The highest BCUT2D eigenvalue weighted by atomic mass is 16.5. The van der Waals surface area contributed by atoms with Gasteiger partial charge in [0.1, 0.15) is 5.76 Å². The number of aromatic nitrogens is 1. The first-order valence-electron chi connectivity index (χ1n) is 7.34. The number of hydrogen-bond acceptors (Lipinski definition) is 6. The second-order valence-corrected chi connectivity index (χ2v) is 4.99. The van der Waals surface area contributed by atoms with E-state index < -0.39 is 0 Å². The van der Waals surface area contributed by atoms with E-state index in [1.165, 1.54) is 0 Å². The molecule has 1 aromatic heterocycles. The van der Waals surface area contributed by atoms with Crippen LogP contribution in [0.15, 0.2) is 22.7 Å². The normalized spacial score (nSPS) is 10.2. The summed E-state index contributed by atoms with van der Waals surface area (Å²) >= 11 is 0. The Morgan fingerprint density at radius 1 is 1.12 bits per heavy atom. The van der Waals surface area contributed by atoms with Crippen LogP contribution in [0.2, 0.25) is 0 Å². The largest absolute Gasteiger partial charge is 0.493 e. The molecule has 2 amide bonds.